The molecule has 0 spiro atoms. The first-order valence-electron chi connectivity index (χ1n) is 6.89. The molecule has 0 heterocycles. The highest BCUT2D eigenvalue weighted by atomic mass is 19.2. The highest BCUT2D eigenvalue weighted by Gasteiger charge is 2.20. The van der Waals surface area contributed by atoms with Crippen LogP contribution in [-0.4, -0.2) is 7.11 Å². The summed E-state index contributed by atoms with van der Waals surface area (Å²) in [6.45, 7) is 0. The number of ether oxygens (including phenoxy) is 2. The Hall–Kier alpha value is -3.09. The monoisotopic (exact) mass is 334 g/mol. The van der Waals surface area contributed by atoms with Crippen molar-refractivity contribution in [1.82, 2.24) is 0 Å². The fourth-order valence-electron chi connectivity index (χ4n) is 2.35. The zero-order valence-corrected chi connectivity index (χ0v) is 12.6. The summed E-state index contributed by atoms with van der Waals surface area (Å²) in [4.78, 5) is 0. The van der Waals surface area contributed by atoms with E-state index in [-0.39, 0.29) is 22.6 Å². The van der Waals surface area contributed by atoms with Gasteiger partial charge >= 0.3 is 0 Å². The van der Waals surface area contributed by atoms with Gasteiger partial charge in [0.2, 0.25) is 5.82 Å². The number of halogens is 3. The summed E-state index contributed by atoms with van der Waals surface area (Å²) in [5.41, 5.74) is 11.9. The summed E-state index contributed by atoms with van der Waals surface area (Å²) in [6.07, 6.45) is 0. The molecular weight excluding hydrogens is 321 g/mol. The third-order valence-electron chi connectivity index (χ3n) is 3.53. The maximum Gasteiger partial charge on any atom is 0.202 e. The van der Waals surface area contributed by atoms with Gasteiger partial charge in [0.25, 0.3) is 0 Å². The fourth-order valence-corrected chi connectivity index (χ4v) is 2.35. The van der Waals surface area contributed by atoms with Crippen LogP contribution in [0, 0.1) is 17.5 Å². The molecular formula is C17H13F3N2O2. The van der Waals surface area contributed by atoms with Crippen molar-refractivity contribution in [2.45, 2.75) is 0 Å². The number of methoxy groups -OCH3 is 1. The first-order chi connectivity index (χ1) is 11.4. The predicted octanol–water partition coefficient (Wildman–Crippen LogP) is 4.22. The quantitative estimate of drug-likeness (QED) is 0.704. The lowest BCUT2D eigenvalue weighted by molar-refractivity contribution is 0.386. The van der Waals surface area contributed by atoms with E-state index in [9.17, 15) is 13.2 Å². The van der Waals surface area contributed by atoms with Gasteiger partial charge in [0.05, 0.1) is 18.2 Å². The highest BCUT2D eigenvalue weighted by Crippen LogP contribution is 2.37. The number of nitrogen functional groups attached to an aromatic ring is 2. The molecule has 3 aromatic carbocycles. The molecule has 24 heavy (non-hydrogen) atoms. The Balaban J connectivity index is 2.14. The number of benzene rings is 3. The Bertz CT molecular complexity index is 945. The van der Waals surface area contributed by atoms with Crippen molar-refractivity contribution >= 4 is 22.1 Å². The summed E-state index contributed by atoms with van der Waals surface area (Å²) < 4.78 is 52.9. The first-order valence-corrected chi connectivity index (χ1v) is 6.89. The Morgan fingerprint density at radius 1 is 0.792 bits per heavy atom. The van der Waals surface area contributed by atoms with E-state index in [0.717, 1.165) is 0 Å². The molecule has 124 valence electrons. The molecule has 0 atom stereocenters. The van der Waals surface area contributed by atoms with E-state index in [2.05, 4.69) is 0 Å². The lowest BCUT2D eigenvalue weighted by atomic mass is 10.1. The molecule has 0 unspecified atom stereocenters. The summed E-state index contributed by atoms with van der Waals surface area (Å²) in [5, 5.41) is -0.388. The Morgan fingerprint density at radius 3 is 2.17 bits per heavy atom. The highest BCUT2D eigenvalue weighted by molar-refractivity contribution is 5.87. The summed E-state index contributed by atoms with van der Waals surface area (Å²) in [6, 6.07) is 8.27. The molecule has 3 aromatic rings. The van der Waals surface area contributed by atoms with Crippen LogP contribution in [0.15, 0.2) is 36.4 Å². The Labute approximate surface area is 135 Å². The van der Waals surface area contributed by atoms with Gasteiger partial charge in [0.1, 0.15) is 0 Å². The normalized spacial score (nSPS) is 10.8. The smallest absolute Gasteiger partial charge is 0.202 e. The SMILES string of the molecule is COc1ccc2cc(Oc3ccc(N)cc3N)c(F)c(F)c2c1F. The fraction of sp³-hybridized carbons (Fsp3) is 0.0588. The number of hydrogen-bond donors (Lipinski definition) is 2. The van der Waals surface area contributed by atoms with Gasteiger partial charge in [-0.1, -0.05) is 6.07 Å². The molecule has 0 amide bonds. The number of nitrogens with two attached hydrogens (primary N) is 2. The minimum absolute atomic E-state index is 0.107. The van der Waals surface area contributed by atoms with E-state index in [1.54, 1.807) is 0 Å². The molecule has 0 bridgehead atoms. The molecule has 0 aliphatic heterocycles. The number of hydrogen-bond acceptors (Lipinski definition) is 4. The van der Waals surface area contributed by atoms with E-state index < -0.39 is 28.6 Å². The topological polar surface area (TPSA) is 70.5 Å². The zero-order chi connectivity index (χ0) is 17.4. The molecule has 0 aliphatic carbocycles. The average molecular weight is 334 g/mol. The summed E-state index contributed by atoms with van der Waals surface area (Å²) in [7, 11) is 1.24. The van der Waals surface area contributed by atoms with E-state index >= 15 is 0 Å². The maximum atomic E-state index is 14.3. The molecule has 0 saturated heterocycles. The zero-order valence-electron chi connectivity index (χ0n) is 12.6. The minimum Gasteiger partial charge on any atom is -0.494 e. The van der Waals surface area contributed by atoms with Crippen LogP contribution in [0.4, 0.5) is 24.5 Å². The van der Waals surface area contributed by atoms with Gasteiger partial charge in [-0.05, 0) is 35.7 Å². The molecule has 7 heteroatoms. The van der Waals surface area contributed by atoms with Crippen LogP contribution >= 0.6 is 0 Å². The second-order valence-corrected chi connectivity index (χ2v) is 5.08. The van der Waals surface area contributed by atoms with Crippen LogP contribution in [0.3, 0.4) is 0 Å². The predicted molar refractivity (Wildman–Crippen MR) is 85.7 cm³/mol. The second-order valence-electron chi connectivity index (χ2n) is 5.08. The van der Waals surface area contributed by atoms with Crippen LogP contribution in [-0.2, 0) is 0 Å². The number of fused-ring (bicyclic) bond motifs is 1. The lowest BCUT2D eigenvalue weighted by Crippen LogP contribution is -1.99. The van der Waals surface area contributed by atoms with Gasteiger partial charge in [0, 0.05) is 5.69 Å². The van der Waals surface area contributed by atoms with Crippen LogP contribution < -0.4 is 20.9 Å². The molecule has 0 aromatic heterocycles. The van der Waals surface area contributed by atoms with Gasteiger partial charge in [0.15, 0.2) is 28.9 Å². The Morgan fingerprint density at radius 2 is 1.50 bits per heavy atom. The molecule has 0 radical (unpaired) electrons. The Kier molecular flexibility index (Phi) is 3.84. The van der Waals surface area contributed by atoms with Crippen molar-refractivity contribution in [3.05, 3.63) is 53.8 Å². The standard InChI is InChI=1S/C17H13F3N2O2/c1-23-12-4-2-8-6-13(16(19)17(20)14(8)15(12)18)24-11-5-3-9(21)7-10(11)22/h2-7H,21-22H2,1H3. The van der Waals surface area contributed by atoms with E-state index in [1.807, 2.05) is 0 Å². The van der Waals surface area contributed by atoms with Crippen molar-refractivity contribution in [1.29, 1.82) is 0 Å². The number of anilines is 2. The van der Waals surface area contributed by atoms with Crippen LogP contribution in [0.2, 0.25) is 0 Å². The van der Waals surface area contributed by atoms with Crippen molar-refractivity contribution in [3.8, 4) is 17.2 Å². The van der Waals surface area contributed by atoms with Gasteiger partial charge in [-0.2, -0.15) is 4.39 Å². The van der Waals surface area contributed by atoms with Gasteiger partial charge in [-0.15, -0.1) is 0 Å². The molecule has 0 fully saturated rings. The van der Waals surface area contributed by atoms with Crippen molar-refractivity contribution in [2.24, 2.45) is 0 Å². The summed E-state index contributed by atoms with van der Waals surface area (Å²) >= 11 is 0. The number of rotatable bonds is 3. The molecule has 4 N–H and O–H groups in total. The molecule has 4 nitrogen and oxygen atoms in total. The lowest BCUT2D eigenvalue weighted by Gasteiger charge is -2.13. The molecule has 3 rings (SSSR count). The third-order valence-corrected chi connectivity index (χ3v) is 3.53. The maximum absolute atomic E-state index is 14.3. The third kappa shape index (κ3) is 2.54. The first kappa shape index (κ1) is 15.8. The largest absolute Gasteiger partial charge is 0.494 e. The van der Waals surface area contributed by atoms with Crippen LogP contribution in [0.25, 0.3) is 10.8 Å². The molecule has 0 aliphatic rings. The van der Waals surface area contributed by atoms with Crippen LogP contribution in [0.5, 0.6) is 17.2 Å². The van der Waals surface area contributed by atoms with Gasteiger partial charge < -0.3 is 20.9 Å². The van der Waals surface area contributed by atoms with Crippen molar-refractivity contribution in [3.63, 3.8) is 0 Å². The second kappa shape index (κ2) is 5.84. The summed E-state index contributed by atoms with van der Waals surface area (Å²) in [5.74, 6) is -4.17. The molecule has 0 saturated carbocycles. The average Bonchev–Trinajstić information content (AvgIpc) is 2.54. The van der Waals surface area contributed by atoms with E-state index in [4.69, 9.17) is 20.9 Å². The van der Waals surface area contributed by atoms with Crippen molar-refractivity contribution < 1.29 is 22.6 Å². The minimum atomic E-state index is -1.37. The van der Waals surface area contributed by atoms with E-state index in [0.29, 0.717) is 5.69 Å². The van der Waals surface area contributed by atoms with E-state index in [1.165, 1.54) is 43.5 Å². The van der Waals surface area contributed by atoms with Gasteiger partial charge in [-0.3, -0.25) is 0 Å². The van der Waals surface area contributed by atoms with Crippen molar-refractivity contribution in [2.75, 3.05) is 18.6 Å². The van der Waals surface area contributed by atoms with Gasteiger partial charge in [-0.25, -0.2) is 8.78 Å². The van der Waals surface area contributed by atoms with Crippen LogP contribution in [0.1, 0.15) is 0 Å².